The van der Waals surface area contributed by atoms with Crippen molar-refractivity contribution in [3.05, 3.63) is 35.0 Å². The molecule has 0 aliphatic rings. The Kier molecular flexibility index (Phi) is 5.84. The predicted octanol–water partition coefficient (Wildman–Crippen LogP) is 3.37. The molecule has 2 rings (SSSR count). The van der Waals surface area contributed by atoms with Crippen LogP contribution in [0.25, 0.3) is 10.9 Å². The van der Waals surface area contributed by atoms with Crippen molar-refractivity contribution >= 4 is 22.5 Å². The molecule has 2 aromatic rings. The van der Waals surface area contributed by atoms with Crippen LogP contribution in [-0.2, 0) is 10.2 Å². The van der Waals surface area contributed by atoms with Gasteiger partial charge in [-0.15, -0.1) is 5.10 Å². The first-order valence-corrected chi connectivity index (χ1v) is 8.34. The first kappa shape index (κ1) is 20.8. The fraction of sp³-hybridized carbons (Fsp3) is 0.444. The molecule has 5 N–H and O–H groups in total. The van der Waals surface area contributed by atoms with Crippen LogP contribution in [-0.4, -0.2) is 30.3 Å². The van der Waals surface area contributed by atoms with Gasteiger partial charge in [0.15, 0.2) is 0 Å². The van der Waals surface area contributed by atoms with Crippen LogP contribution in [0.3, 0.4) is 0 Å². The molecule has 0 fully saturated rings. The van der Waals surface area contributed by atoms with Gasteiger partial charge in [-0.05, 0) is 41.7 Å². The van der Waals surface area contributed by atoms with E-state index in [1.54, 1.807) is 18.2 Å². The molecule has 148 valence electrons. The van der Waals surface area contributed by atoms with Gasteiger partial charge in [-0.1, -0.05) is 20.8 Å². The maximum Gasteiger partial charge on any atom is 0.405 e. The molecule has 27 heavy (non-hydrogen) atoms. The van der Waals surface area contributed by atoms with Crippen molar-refractivity contribution in [3.8, 4) is 0 Å². The van der Waals surface area contributed by atoms with E-state index in [9.17, 15) is 13.2 Å². The topological polar surface area (TPSA) is 98.5 Å². The van der Waals surface area contributed by atoms with E-state index in [0.717, 1.165) is 16.5 Å². The van der Waals surface area contributed by atoms with Crippen LogP contribution in [0.15, 0.2) is 23.3 Å². The smallest absolute Gasteiger partial charge is 0.405 e. The SMILES string of the molecule is Cc1cc(/C(=N/N)OCN)nc2c(C(C)(C)C)cc(NCC(F)(F)F)cc12. The van der Waals surface area contributed by atoms with Crippen molar-refractivity contribution in [2.45, 2.75) is 39.3 Å². The van der Waals surface area contributed by atoms with Crippen molar-refractivity contribution in [1.82, 2.24) is 4.98 Å². The van der Waals surface area contributed by atoms with Gasteiger partial charge in [-0.25, -0.2) is 4.98 Å². The number of ether oxygens (including phenoxy) is 1. The highest BCUT2D eigenvalue weighted by atomic mass is 19.4. The van der Waals surface area contributed by atoms with Gasteiger partial charge in [0.2, 0.25) is 0 Å². The second-order valence-corrected chi connectivity index (χ2v) is 7.21. The number of fused-ring (bicyclic) bond motifs is 1. The molecule has 1 aromatic carbocycles. The number of nitrogens with two attached hydrogens (primary N) is 2. The van der Waals surface area contributed by atoms with E-state index < -0.39 is 12.7 Å². The van der Waals surface area contributed by atoms with Gasteiger partial charge >= 0.3 is 6.18 Å². The average molecular weight is 383 g/mol. The first-order chi connectivity index (χ1) is 12.5. The molecule has 0 amide bonds. The fourth-order valence-corrected chi connectivity index (χ4v) is 2.73. The Morgan fingerprint density at radius 3 is 2.41 bits per heavy atom. The summed E-state index contributed by atoms with van der Waals surface area (Å²) in [5.41, 5.74) is 8.07. The highest BCUT2D eigenvalue weighted by Crippen LogP contribution is 2.34. The van der Waals surface area contributed by atoms with Gasteiger partial charge in [-0.3, -0.25) is 5.73 Å². The molecule has 0 aliphatic carbocycles. The van der Waals surface area contributed by atoms with Crippen molar-refractivity contribution in [3.63, 3.8) is 0 Å². The van der Waals surface area contributed by atoms with Gasteiger partial charge in [0, 0.05) is 11.1 Å². The minimum Gasteiger partial charge on any atom is -0.459 e. The Morgan fingerprint density at radius 2 is 1.89 bits per heavy atom. The second kappa shape index (κ2) is 7.59. The number of alkyl halides is 3. The molecule has 0 saturated heterocycles. The summed E-state index contributed by atoms with van der Waals surface area (Å²) in [6, 6.07) is 5.06. The minimum atomic E-state index is -4.31. The number of aromatic nitrogens is 1. The van der Waals surface area contributed by atoms with Crippen LogP contribution < -0.4 is 16.9 Å². The molecular formula is C18H24F3N5O. The number of hydrogen-bond donors (Lipinski definition) is 3. The number of halogens is 3. The molecule has 0 bridgehead atoms. The zero-order chi connectivity index (χ0) is 20.4. The van der Waals surface area contributed by atoms with Crippen LogP contribution in [0, 0.1) is 6.92 Å². The Hall–Kier alpha value is -2.55. The summed E-state index contributed by atoms with van der Waals surface area (Å²) in [4.78, 5) is 4.60. The highest BCUT2D eigenvalue weighted by Gasteiger charge is 2.27. The molecule has 6 nitrogen and oxygen atoms in total. The van der Waals surface area contributed by atoms with Gasteiger partial charge in [0.1, 0.15) is 19.0 Å². The van der Waals surface area contributed by atoms with E-state index in [0.29, 0.717) is 16.9 Å². The molecule has 0 spiro atoms. The number of benzene rings is 1. The quantitative estimate of drug-likeness (QED) is 0.247. The van der Waals surface area contributed by atoms with Crippen molar-refractivity contribution in [2.75, 3.05) is 18.6 Å². The third kappa shape index (κ3) is 5.00. The van der Waals surface area contributed by atoms with Gasteiger partial charge < -0.3 is 15.9 Å². The summed E-state index contributed by atoms with van der Waals surface area (Å²) in [5.74, 6) is 5.46. The van der Waals surface area contributed by atoms with Gasteiger partial charge in [0.05, 0.1) is 5.52 Å². The summed E-state index contributed by atoms with van der Waals surface area (Å²) < 4.78 is 43.0. The molecular weight excluding hydrogens is 359 g/mol. The van der Waals surface area contributed by atoms with E-state index in [4.69, 9.17) is 16.3 Å². The number of nitrogens with one attached hydrogen (secondary N) is 1. The summed E-state index contributed by atoms with van der Waals surface area (Å²) >= 11 is 0. The number of aryl methyl sites for hydroxylation is 1. The van der Waals surface area contributed by atoms with Crippen LogP contribution in [0.5, 0.6) is 0 Å². The molecule has 9 heteroatoms. The van der Waals surface area contributed by atoms with Crippen molar-refractivity contribution in [2.24, 2.45) is 16.7 Å². The van der Waals surface area contributed by atoms with Gasteiger partial charge in [-0.2, -0.15) is 13.2 Å². The Bertz CT molecular complexity index is 857. The fourth-order valence-electron chi connectivity index (χ4n) is 2.73. The van der Waals surface area contributed by atoms with Crippen LogP contribution in [0.1, 0.15) is 37.6 Å². The largest absolute Gasteiger partial charge is 0.459 e. The summed E-state index contributed by atoms with van der Waals surface area (Å²) in [7, 11) is 0. The molecule has 0 saturated carbocycles. The number of nitrogens with zero attached hydrogens (tertiary/aromatic N) is 2. The van der Waals surface area contributed by atoms with Crippen LogP contribution in [0.2, 0.25) is 0 Å². The standard InChI is InChI=1S/C18H24F3N5O/c1-10-5-14(16(26-23)27-9-22)25-15-12(10)6-11(24-8-18(19,20)21)7-13(15)17(2,3)4/h5-7,24H,8-9,22-23H2,1-4H3/b26-16-. The maximum atomic E-state index is 12.6. The average Bonchev–Trinajstić information content (AvgIpc) is 2.55. The number of hydrogen-bond acceptors (Lipinski definition) is 6. The van der Waals surface area contributed by atoms with Gasteiger partial charge in [0.25, 0.3) is 5.90 Å². The lowest BCUT2D eigenvalue weighted by atomic mass is 9.84. The molecule has 0 atom stereocenters. The number of hydrazone groups is 1. The monoisotopic (exact) mass is 383 g/mol. The lowest BCUT2D eigenvalue weighted by Crippen LogP contribution is -2.22. The normalized spacial score (nSPS) is 13.1. The van der Waals surface area contributed by atoms with Crippen molar-refractivity contribution < 1.29 is 17.9 Å². The third-order valence-electron chi connectivity index (χ3n) is 3.98. The lowest BCUT2D eigenvalue weighted by Gasteiger charge is -2.23. The lowest BCUT2D eigenvalue weighted by molar-refractivity contribution is -0.115. The molecule has 0 unspecified atom stereocenters. The minimum absolute atomic E-state index is 0.0987. The van der Waals surface area contributed by atoms with E-state index in [1.807, 2.05) is 27.7 Å². The van der Waals surface area contributed by atoms with E-state index in [1.165, 1.54) is 0 Å². The molecule has 1 heterocycles. The van der Waals surface area contributed by atoms with E-state index in [2.05, 4.69) is 15.4 Å². The zero-order valence-corrected chi connectivity index (χ0v) is 15.7. The van der Waals surface area contributed by atoms with Crippen molar-refractivity contribution in [1.29, 1.82) is 0 Å². The predicted molar refractivity (Wildman–Crippen MR) is 101 cm³/mol. The number of pyridine rings is 1. The summed E-state index contributed by atoms with van der Waals surface area (Å²) in [6.07, 6.45) is -4.31. The van der Waals surface area contributed by atoms with Crippen LogP contribution in [0.4, 0.5) is 18.9 Å². The summed E-state index contributed by atoms with van der Waals surface area (Å²) in [5, 5.41) is 6.76. The first-order valence-electron chi connectivity index (χ1n) is 8.34. The number of anilines is 1. The Labute approximate surface area is 155 Å². The third-order valence-corrected chi connectivity index (χ3v) is 3.98. The highest BCUT2D eigenvalue weighted by molar-refractivity contribution is 5.97. The zero-order valence-electron chi connectivity index (χ0n) is 15.7. The Morgan fingerprint density at radius 1 is 1.22 bits per heavy atom. The maximum absolute atomic E-state index is 12.6. The molecule has 0 radical (unpaired) electrons. The Balaban J connectivity index is 2.67. The number of rotatable bonds is 4. The molecule has 0 aliphatic heterocycles. The molecule has 1 aromatic heterocycles. The second-order valence-electron chi connectivity index (χ2n) is 7.21. The van der Waals surface area contributed by atoms with E-state index >= 15 is 0 Å². The summed E-state index contributed by atoms with van der Waals surface area (Å²) in [6.45, 7) is 6.51. The van der Waals surface area contributed by atoms with Crippen LogP contribution >= 0.6 is 0 Å². The van der Waals surface area contributed by atoms with E-state index in [-0.39, 0.29) is 18.0 Å².